The third-order valence-corrected chi connectivity index (χ3v) is 3.79. The smallest absolute Gasteiger partial charge is 0.405 e. The summed E-state index contributed by atoms with van der Waals surface area (Å²) in [5, 5.41) is 3.34. The molecule has 2 rings (SSSR count). The van der Waals surface area contributed by atoms with Gasteiger partial charge in [0.15, 0.2) is 0 Å². The summed E-state index contributed by atoms with van der Waals surface area (Å²) in [5.41, 5.74) is 0.564. The zero-order valence-electron chi connectivity index (χ0n) is 12.1. The van der Waals surface area contributed by atoms with Gasteiger partial charge < -0.3 is 10.1 Å². The molecule has 6 heteroatoms. The Labute approximate surface area is 123 Å². The van der Waals surface area contributed by atoms with Crippen LogP contribution in [-0.2, 0) is 6.54 Å². The first-order valence-electron chi connectivity index (χ1n) is 7.20. The molecule has 1 fully saturated rings. The number of benzene rings is 1. The van der Waals surface area contributed by atoms with Crippen molar-refractivity contribution in [2.45, 2.75) is 38.2 Å². The van der Waals surface area contributed by atoms with E-state index in [4.69, 9.17) is 0 Å². The third kappa shape index (κ3) is 5.21. The van der Waals surface area contributed by atoms with Gasteiger partial charge in [0.2, 0.25) is 0 Å². The lowest BCUT2D eigenvalue weighted by atomic mass is 10.1. The van der Waals surface area contributed by atoms with Crippen molar-refractivity contribution in [3.8, 4) is 5.75 Å². The molecule has 1 aliphatic rings. The standard InChI is InChI=1S/C15H21F3N2O/c1-20(13-6-4-9-19-10-8-13)11-12-5-2-3-7-14(12)21-15(16,17)18/h2-3,5,7,13,19H,4,6,8-11H2,1H3. The lowest BCUT2D eigenvalue weighted by Crippen LogP contribution is -2.32. The minimum Gasteiger partial charge on any atom is -0.405 e. The topological polar surface area (TPSA) is 24.5 Å². The van der Waals surface area contributed by atoms with E-state index in [0.717, 1.165) is 32.4 Å². The summed E-state index contributed by atoms with van der Waals surface area (Å²) < 4.78 is 41.4. The Morgan fingerprint density at radius 2 is 2.00 bits per heavy atom. The molecule has 1 N–H and O–H groups in total. The molecule has 0 radical (unpaired) electrons. The first-order chi connectivity index (χ1) is 9.96. The second-order valence-electron chi connectivity index (χ2n) is 5.41. The lowest BCUT2D eigenvalue weighted by molar-refractivity contribution is -0.275. The van der Waals surface area contributed by atoms with E-state index >= 15 is 0 Å². The van der Waals surface area contributed by atoms with E-state index in [1.807, 2.05) is 7.05 Å². The van der Waals surface area contributed by atoms with E-state index in [9.17, 15) is 13.2 Å². The Balaban J connectivity index is 2.04. The molecular weight excluding hydrogens is 281 g/mol. The molecule has 0 amide bonds. The van der Waals surface area contributed by atoms with Crippen molar-refractivity contribution in [3.05, 3.63) is 29.8 Å². The molecule has 118 valence electrons. The Morgan fingerprint density at radius 1 is 1.24 bits per heavy atom. The van der Waals surface area contributed by atoms with Crippen LogP contribution in [0.15, 0.2) is 24.3 Å². The van der Waals surface area contributed by atoms with Gasteiger partial charge in [-0.2, -0.15) is 0 Å². The summed E-state index contributed by atoms with van der Waals surface area (Å²) >= 11 is 0. The summed E-state index contributed by atoms with van der Waals surface area (Å²) in [6.07, 6.45) is -1.48. The first-order valence-corrected chi connectivity index (χ1v) is 7.20. The zero-order chi connectivity index (χ0) is 15.3. The average molecular weight is 302 g/mol. The van der Waals surface area contributed by atoms with Gasteiger partial charge in [0, 0.05) is 18.2 Å². The maximum Gasteiger partial charge on any atom is 0.573 e. The van der Waals surface area contributed by atoms with Gasteiger partial charge in [-0.05, 0) is 45.5 Å². The van der Waals surface area contributed by atoms with Crippen LogP contribution in [0.2, 0.25) is 0 Å². The normalized spacial score (nSPS) is 20.3. The average Bonchev–Trinajstić information content (AvgIpc) is 2.68. The maximum atomic E-state index is 12.4. The quantitative estimate of drug-likeness (QED) is 0.924. The van der Waals surface area contributed by atoms with Crippen molar-refractivity contribution in [1.29, 1.82) is 0 Å². The van der Waals surface area contributed by atoms with Gasteiger partial charge in [-0.25, -0.2) is 0 Å². The molecule has 1 saturated heterocycles. The van der Waals surface area contributed by atoms with Gasteiger partial charge >= 0.3 is 6.36 Å². The van der Waals surface area contributed by atoms with E-state index in [0.29, 0.717) is 18.2 Å². The number of hydrogen-bond donors (Lipinski definition) is 1. The highest BCUT2D eigenvalue weighted by Crippen LogP contribution is 2.27. The van der Waals surface area contributed by atoms with Crippen LogP contribution in [0.1, 0.15) is 24.8 Å². The maximum absolute atomic E-state index is 12.4. The van der Waals surface area contributed by atoms with Crippen molar-refractivity contribution in [2.75, 3.05) is 20.1 Å². The zero-order valence-corrected chi connectivity index (χ0v) is 12.1. The molecule has 1 heterocycles. The molecule has 1 aromatic carbocycles. The number of nitrogens with one attached hydrogen (secondary N) is 1. The lowest BCUT2D eigenvalue weighted by Gasteiger charge is -2.27. The van der Waals surface area contributed by atoms with E-state index in [2.05, 4.69) is 15.0 Å². The highest BCUT2D eigenvalue weighted by molar-refractivity contribution is 5.33. The SMILES string of the molecule is CN(Cc1ccccc1OC(F)(F)F)C1CCCNCC1. The van der Waals surface area contributed by atoms with Crippen molar-refractivity contribution in [2.24, 2.45) is 0 Å². The fourth-order valence-corrected chi connectivity index (χ4v) is 2.70. The second kappa shape index (κ2) is 7.13. The van der Waals surface area contributed by atoms with E-state index in [-0.39, 0.29) is 5.75 Å². The number of halogens is 3. The van der Waals surface area contributed by atoms with Gasteiger partial charge in [-0.3, -0.25) is 4.90 Å². The predicted molar refractivity (Wildman–Crippen MR) is 75.1 cm³/mol. The summed E-state index contributed by atoms with van der Waals surface area (Å²) in [7, 11) is 1.96. The molecule has 0 bridgehead atoms. The van der Waals surface area contributed by atoms with Gasteiger partial charge in [-0.1, -0.05) is 18.2 Å². The Hall–Kier alpha value is -1.27. The number of para-hydroxylation sites is 1. The molecule has 0 aromatic heterocycles. The van der Waals surface area contributed by atoms with Gasteiger partial charge in [0.1, 0.15) is 5.75 Å². The molecular formula is C15H21F3N2O. The van der Waals surface area contributed by atoms with E-state index < -0.39 is 6.36 Å². The minimum atomic E-state index is -4.65. The Kier molecular flexibility index (Phi) is 5.47. The largest absolute Gasteiger partial charge is 0.573 e. The second-order valence-corrected chi connectivity index (χ2v) is 5.41. The molecule has 1 aliphatic heterocycles. The van der Waals surface area contributed by atoms with Crippen molar-refractivity contribution in [3.63, 3.8) is 0 Å². The molecule has 0 saturated carbocycles. The molecule has 0 spiro atoms. The summed E-state index contributed by atoms with van der Waals surface area (Å²) in [4.78, 5) is 2.12. The van der Waals surface area contributed by atoms with Gasteiger partial charge in [-0.15, -0.1) is 13.2 Å². The number of ether oxygens (including phenoxy) is 1. The summed E-state index contributed by atoms with van der Waals surface area (Å²) in [5.74, 6) is -0.108. The van der Waals surface area contributed by atoms with Crippen LogP contribution in [0.3, 0.4) is 0 Å². The first kappa shape index (κ1) is 16.1. The summed E-state index contributed by atoms with van der Waals surface area (Å²) in [6, 6.07) is 6.73. The monoisotopic (exact) mass is 302 g/mol. The van der Waals surface area contributed by atoms with E-state index in [1.54, 1.807) is 18.2 Å². The number of rotatable bonds is 4. The highest BCUT2D eigenvalue weighted by Gasteiger charge is 2.32. The molecule has 1 aromatic rings. The van der Waals surface area contributed by atoms with Crippen LogP contribution in [0.4, 0.5) is 13.2 Å². The minimum absolute atomic E-state index is 0.108. The van der Waals surface area contributed by atoms with Crippen LogP contribution >= 0.6 is 0 Å². The molecule has 0 aliphatic carbocycles. The predicted octanol–water partition coefficient (Wildman–Crippen LogP) is 3.16. The third-order valence-electron chi connectivity index (χ3n) is 3.79. The van der Waals surface area contributed by atoms with Crippen LogP contribution in [0.5, 0.6) is 5.75 Å². The Bertz CT molecular complexity index is 443. The van der Waals surface area contributed by atoms with Crippen molar-refractivity contribution < 1.29 is 17.9 Å². The van der Waals surface area contributed by atoms with Crippen LogP contribution in [0, 0.1) is 0 Å². The number of hydrogen-bond acceptors (Lipinski definition) is 3. The van der Waals surface area contributed by atoms with Crippen LogP contribution in [0.25, 0.3) is 0 Å². The molecule has 1 atom stereocenters. The van der Waals surface area contributed by atoms with E-state index in [1.165, 1.54) is 6.07 Å². The molecule has 21 heavy (non-hydrogen) atoms. The van der Waals surface area contributed by atoms with Crippen LogP contribution < -0.4 is 10.1 Å². The summed E-state index contributed by atoms with van der Waals surface area (Å²) in [6.45, 7) is 2.42. The molecule has 3 nitrogen and oxygen atoms in total. The van der Waals surface area contributed by atoms with Gasteiger partial charge in [0.25, 0.3) is 0 Å². The Morgan fingerprint density at radius 3 is 2.76 bits per heavy atom. The van der Waals surface area contributed by atoms with Gasteiger partial charge in [0.05, 0.1) is 0 Å². The van der Waals surface area contributed by atoms with Crippen molar-refractivity contribution >= 4 is 0 Å². The molecule has 1 unspecified atom stereocenters. The number of alkyl halides is 3. The number of nitrogens with zero attached hydrogens (tertiary/aromatic N) is 1. The van der Waals surface area contributed by atoms with Crippen LogP contribution in [-0.4, -0.2) is 37.4 Å². The van der Waals surface area contributed by atoms with Crippen molar-refractivity contribution in [1.82, 2.24) is 10.2 Å². The highest BCUT2D eigenvalue weighted by atomic mass is 19.4. The fraction of sp³-hybridized carbons (Fsp3) is 0.600. The fourth-order valence-electron chi connectivity index (χ4n) is 2.70.